The Morgan fingerprint density at radius 3 is 2.81 bits per heavy atom. The Kier molecular flexibility index (Phi) is 2.72. The van der Waals surface area contributed by atoms with E-state index in [2.05, 4.69) is 4.98 Å². The van der Waals surface area contributed by atoms with Gasteiger partial charge in [0.25, 0.3) is 0 Å². The summed E-state index contributed by atoms with van der Waals surface area (Å²) in [5, 5.41) is 0. The van der Waals surface area contributed by atoms with Crippen molar-refractivity contribution in [2.45, 2.75) is 0 Å². The molecule has 0 saturated heterocycles. The van der Waals surface area contributed by atoms with Crippen LogP contribution in [-0.2, 0) is 0 Å². The van der Waals surface area contributed by atoms with Gasteiger partial charge in [0.1, 0.15) is 11.6 Å². The van der Waals surface area contributed by atoms with Crippen molar-refractivity contribution < 1.29 is 9.13 Å². The highest BCUT2D eigenvalue weighted by molar-refractivity contribution is 5.72. The van der Waals surface area contributed by atoms with E-state index in [0.717, 1.165) is 5.56 Å². The molecular weight excluding hydrogens is 207 g/mol. The smallest absolute Gasteiger partial charge is 0.129 e. The van der Waals surface area contributed by atoms with Gasteiger partial charge in [0.05, 0.1) is 7.11 Å². The Bertz CT molecular complexity index is 494. The summed E-state index contributed by atoms with van der Waals surface area (Å²) in [4.78, 5) is 3.99. The Morgan fingerprint density at radius 2 is 2.12 bits per heavy atom. The lowest BCUT2D eigenvalue weighted by Crippen LogP contribution is -1.92. The van der Waals surface area contributed by atoms with Gasteiger partial charge < -0.3 is 10.5 Å². The van der Waals surface area contributed by atoms with Crippen LogP contribution in [0.5, 0.6) is 5.75 Å². The predicted octanol–water partition coefficient (Wildman–Crippen LogP) is 2.48. The first-order valence-corrected chi connectivity index (χ1v) is 4.75. The number of nitrogens with zero attached hydrogens (tertiary/aromatic N) is 1. The molecule has 0 aliphatic heterocycles. The molecule has 0 spiro atoms. The molecule has 0 saturated carbocycles. The van der Waals surface area contributed by atoms with Crippen molar-refractivity contribution in [2.75, 3.05) is 12.8 Å². The average Bonchev–Trinajstić information content (AvgIpc) is 2.27. The molecule has 82 valence electrons. The standard InChI is InChI=1S/C12H11FN2O/c1-16-12-2-3-15-7-11(12)8-4-9(13)6-10(14)5-8/h2-7H,14H2,1H3. The van der Waals surface area contributed by atoms with Gasteiger partial charge in [-0.1, -0.05) is 0 Å². The van der Waals surface area contributed by atoms with Crippen LogP contribution in [0.4, 0.5) is 10.1 Å². The van der Waals surface area contributed by atoms with Gasteiger partial charge in [-0.25, -0.2) is 4.39 Å². The number of ether oxygens (including phenoxy) is 1. The topological polar surface area (TPSA) is 48.1 Å². The Hall–Kier alpha value is -2.10. The maximum atomic E-state index is 13.2. The SMILES string of the molecule is COc1ccncc1-c1cc(N)cc(F)c1. The normalized spacial score (nSPS) is 10.1. The van der Waals surface area contributed by atoms with Crippen molar-refractivity contribution in [1.29, 1.82) is 0 Å². The zero-order chi connectivity index (χ0) is 11.5. The second-order valence-corrected chi connectivity index (χ2v) is 3.35. The summed E-state index contributed by atoms with van der Waals surface area (Å²) in [5.74, 6) is 0.265. The quantitative estimate of drug-likeness (QED) is 0.788. The molecule has 0 amide bonds. The van der Waals surface area contributed by atoms with Gasteiger partial charge in [-0.3, -0.25) is 4.98 Å². The van der Waals surface area contributed by atoms with Crippen LogP contribution in [0.25, 0.3) is 11.1 Å². The molecule has 4 heteroatoms. The highest BCUT2D eigenvalue weighted by atomic mass is 19.1. The number of hydrogen-bond donors (Lipinski definition) is 1. The highest BCUT2D eigenvalue weighted by Gasteiger charge is 2.07. The number of methoxy groups -OCH3 is 1. The van der Waals surface area contributed by atoms with Crippen molar-refractivity contribution in [3.63, 3.8) is 0 Å². The highest BCUT2D eigenvalue weighted by Crippen LogP contribution is 2.30. The van der Waals surface area contributed by atoms with Crippen LogP contribution in [0.15, 0.2) is 36.7 Å². The molecule has 2 rings (SSSR count). The maximum Gasteiger partial charge on any atom is 0.129 e. The van der Waals surface area contributed by atoms with Crippen LogP contribution < -0.4 is 10.5 Å². The summed E-state index contributed by atoms with van der Waals surface area (Å²) in [6.45, 7) is 0. The fourth-order valence-electron chi connectivity index (χ4n) is 1.54. The van der Waals surface area contributed by atoms with E-state index < -0.39 is 0 Å². The van der Waals surface area contributed by atoms with Gasteiger partial charge in [-0.05, 0) is 29.8 Å². The lowest BCUT2D eigenvalue weighted by atomic mass is 10.1. The van der Waals surface area contributed by atoms with Crippen LogP contribution in [0.3, 0.4) is 0 Å². The molecular formula is C12H11FN2O. The molecule has 0 aliphatic rings. The fourth-order valence-corrected chi connectivity index (χ4v) is 1.54. The zero-order valence-corrected chi connectivity index (χ0v) is 8.77. The van der Waals surface area contributed by atoms with Crippen LogP contribution in [0.1, 0.15) is 0 Å². The summed E-state index contributed by atoms with van der Waals surface area (Å²) in [5.41, 5.74) is 7.34. The summed E-state index contributed by atoms with van der Waals surface area (Å²) in [7, 11) is 1.56. The van der Waals surface area contributed by atoms with Crippen LogP contribution >= 0.6 is 0 Å². The number of benzene rings is 1. The molecule has 16 heavy (non-hydrogen) atoms. The van der Waals surface area contributed by atoms with E-state index in [1.54, 1.807) is 31.6 Å². The van der Waals surface area contributed by atoms with Crippen molar-refractivity contribution >= 4 is 5.69 Å². The minimum atomic E-state index is -0.374. The molecule has 1 aromatic heterocycles. The molecule has 0 fully saturated rings. The first kappa shape index (κ1) is 10.4. The number of hydrogen-bond acceptors (Lipinski definition) is 3. The molecule has 0 atom stereocenters. The molecule has 0 radical (unpaired) electrons. The van der Waals surface area contributed by atoms with Crippen molar-refractivity contribution in [3.8, 4) is 16.9 Å². The largest absolute Gasteiger partial charge is 0.496 e. The van der Waals surface area contributed by atoms with E-state index >= 15 is 0 Å². The third-order valence-electron chi connectivity index (χ3n) is 2.23. The van der Waals surface area contributed by atoms with Gasteiger partial charge in [0.15, 0.2) is 0 Å². The molecule has 3 nitrogen and oxygen atoms in total. The van der Waals surface area contributed by atoms with Crippen molar-refractivity contribution in [2.24, 2.45) is 0 Å². The Morgan fingerprint density at radius 1 is 1.31 bits per heavy atom. The molecule has 1 heterocycles. The van der Waals surface area contributed by atoms with E-state index in [9.17, 15) is 4.39 Å². The Balaban J connectivity index is 2.58. The number of nitrogens with two attached hydrogens (primary N) is 1. The molecule has 0 aliphatic carbocycles. The number of rotatable bonds is 2. The summed E-state index contributed by atoms with van der Waals surface area (Å²) in [6, 6.07) is 6.07. The molecule has 0 unspecified atom stereocenters. The minimum absolute atomic E-state index is 0.374. The van der Waals surface area contributed by atoms with E-state index in [1.165, 1.54) is 12.1 Å². The number of aromatic nitrogens is 1. The fraction of sp³-hybridized carbons (Fsp3) is 0.0833. The first-order chi connectivity index (χ1) is 7.70. The maximum absolute atomic E-state index is 13.2. The Labute approximate surface area is 92.7 Å². The molecule has 0 bridgehead atoms. The van der Waals surface area contributed by atoms with E-state index in [4.69, 9.17) is 10.5 Å². The summed E-state index contributed by atoms with van der Waals surface area (Å²) in [6.07, 6.45) is 3.23. The van der Waals surface area contributed by atoms with Crippen LogP contribution in [0, 0.1) is 5.82 Å². The zero-order valence-electron chi connectivity index (χ0n) is 8.77. The van der Waals surface area contributed by atoms with Gasteiger partial charge in [-0.15, -0.1) is 0 Å². The third-order valence-corrected chi connectivity index (χ3v) is 2.23. The summed E-state index contributed by atoms with van der Waals surface area (Å²) >= 11 is 0. The lowest BCUT2D eigenvalue weighted by molar-refractivity contribution is 0.416. The third kappa shape index (κ3) is 1.95. The molecule has 2 N–H and O–H groups in total. The number of pyridine rings is 1. The van der Waals surface area contributed by atoms with Gasteiger partial charge in [-0.2, -0.15) is 0 Å². The van der Waals surface area contributed by atoms with Crippen LogP contribution in [0.2, 0.25) is 0 Å². The molecule has 1 aromatic carbocycles. The number of nitrogen functional groups attached to an aromatic ring is 1. The van der Waals surface area contributed by atoms with Gasteiger partial charge in [0, 0.05) is 23.6 Å². The number of halogens is 1. The summed E-state index contributed by atoms with van der Waals surface area (Å²) < 4.78 is 18.4. The van der Waals surface area contributed by atoms with E-state index in [-0.39, 0.29) is 5.82 Å². The average molecular weight is 218 g/mol. The van der Waals surface area contributed by atoms with Crippen molar-refractivity contribution in [3.05, 3.63) is 42.5 Å². The second-order valence-electron chi connectivity index (χ2n) is 3.35. The van der Waals surface area contributed by atoms with Crippen LogP contribution in [-0.4, -0.2) is 12.1 Å². The van der Waals surface area contributed by atoms with Gasteiger partial charge >= 0.3 is 0 Å². The van der Waals surface area contributed by atoms with Crippen molar-refractivity contribution in [1.82, 2.24) is 4.98 Å². The predicted molar refractivity (Wildman–Crippen MR) is 60.6 cm³/mol. The number of anilines is 1. The molecule has 2 aromatic rings. The van der Waals surface area contributed by atoms with E-state index in [1.807, 2.05) is 0 Å². The first-order valence-electron chi connectivity index (χ1n) is 4.75. The monoisotopic (exact) mass is 218 g/mol. The lowest BCUT2D eigenvalue weighted by Gasteiger charge is -2.08. The second kappa shape index (κ2) is 4.18. The van der Waals surface area contributed by atoms with E-state index in [0.29, 0.717) is 17.0 Å². The van der Waals surface area contributed by atoms with Gasteiger partial charge in [0.2, 0.25) is 0 Å². The minimum Gasteiger partial charge on any atom is -0.496 e.